The highest BCUT2D eigenvalue weighted by Gasteiger charge is 2.19. The Morgan fingerprint density at radius 2 is 1.81 bits per heavy atom. The van der Waals surface area contributed by atoms with Gasteiger partial charge in [0.25, 0.3) is 5.91 Å². The molecule has 6 heteroatoms. The van der Waals surface area contributed by atoms with Crippen molar-refractivity contribution in [2.45, 2.75) is 19.3 Å². The molecule has 1 saturated heterocycles. The number of hydrogen-bond donors (Lipinski definition) is 1. The second kappa shape index (κ2) is 7.45. The number of carbonyl (C=O) groups is 2. The lowest BCUT2D eigenvalue weighted by Crippen LogP contribution is -2.35. The number of aromatic nitrogens is 1. The van der Waals surface area contributed by atoms with Gasteiger partial charge in [0.1, 0.15) is 0 Å². The smallest absolute Gasteiger partial charge is 0.255 e. The molecule has 27 heavy (non-hydrogen) atoms. The van der Waals surface area contributed by atoms with E-state index in [1.807, 2.05) is 36.4 Å². The third-order valence-corrected chi connectivity index (χ3v) is 4.62. The minimum Gasteiger partial charge on any atom is -0.444 e. The monoisotopic (exact) mass is 361 g/mol. The lowest BCUT2D eigenvalue weighted by atomic mass is 10.1. The van der Waals surface area contributed by atoms with E-state index >= 15 is 0 Å². The summed E-state index contributed by atoms with van der Waals surface area (Å²) in [5, 5.41) is 2.87. The van der Waals surface area contributed by atoms with Crippen molar-refractivity contribution in [3.63, 3.8) is 0 Å². The summed E-state index contributed by atoms with van der Waals surface area (Å²) in [5.74, 6) is 0.625. The Bertz CT molecular complexity index is 932. The van der Waals surface area contributed by atoms with Crippen LogP contribution in [0.25, 0.3) is 11.3 Å². The van der Waals surface area contributed by atoms with E-state index in [-0.39, 0.29) is 11.8 Å². The van der Waals surface area contributed by atoms with Crippen LogP contribution in [-0.2, 0) is 4.79 Å². The Morgan fingerprint density at radius 3 is 2.48 bits per heavy atom. The number of benzene rings is 2. The molecule has 0 spiro atoms. The Labute approximate surface area is 156 Å². The van der Waals surface area contributed by atoms with Gasteiger partial charge in [-0.25, -0.2) is 4.98 Å². The van der Waals surface area contributed by atoms with E-state index < -0.39 is 0 Å². The molecule has 0 bridgehead atoms. The molecule has 1 aliphatic heterocycles. The maximum atomic E-state index is 12.5. The summed E-state index contributed by atoms with van der Waals surface area (Å²) in [6, 6.07) is 14.5. The summed E-state index contributed by atoms with van der Waals surface area (Å²) < 4.78 is 5.25. The summed E-state index contributed by atoms with van der Waals surface area (Å²) in [6.07, 6.45) is 5.57. The minimum absolute atomic E-state index is 0.144. The molecule has 3 aromatic rings. The Kier molecular flexibility index (Phi) is 4.70. The molecule has 1 N–H and O–H groups in total. The highest BCUT2D eigenvalue weighted by Crippen LogP contribution is 2.23. The van der Waals surface area contributed by atoms with Gasteiger partial charge in [0.15, 0.2) is 12.2 Å². The predicted molar refractivity (Wildman–Crippen MR) is 103 cm³/mol. The van der Waals surface area contributed by atoms with E-state index in [2.05, 4.69) is 10.3 Å². The highest BCUT2D eigenvalue weighted by atomic mass is 16.3. The van der Waals surface area contributed by atoms with Crippen molar-refractivity contribution in [2.75, 3.05) is 16.8 Å². The molecule has 1 fully saturated rings. The van der Waals surface area contributed by atoms with E-state index in [0.717, 1.165) is 30.6 Å². The van der Waals surface area contributed by atoms with Gasteiger partial charge in [-0.15, -0.1) is 0 Å². The van der Waals surface area contributed by atoms with Crippen molar-refractivity contribution in [3.05, 3.63) is 66.7 Å². The van der Waals surface area contributed by atoms with Crippen molar-refractivity contribution in [2.24, 2.45) is 0 Å². The first kappa shape index (κ1) is 17.0. The molecular weight excluding hydrogens is 342 g/mol. The fraction of sp³-hybridized carbons (Fsp3) is 0.190. The van der Waals surface area contributed by atoms with Gasteiger partial charge in [0.2, 0.25) is 5.91 Å². The van der Waals surface area contributed by atoms with E-state index in [0.29, 0.717) is 23.4 Å². The largest absolute Gasteiger partial charge is 0.444 e. The first-order valence-corrected chi connectivity index (χ1v) is 8.91. The fourth-order valence-corrected chi connectivity index (χ4v) is 3.15. The average Bonchev–Trinajstić information content (AvgIpc) is 3.24. The van der Waals surface area contributed by atoms with Gasteiger partial charge < -0.3 is 14.6 Å². The first-order chi connectivity index (χ1) is 13.2. The topological polar surface area (TPSA) is 75.4 Å². The predicted octanol–water partition coefficient (Wildman–Crippen LogP) is 4.11. The molecule has 0 aliphatic carbocycles. The molecule has 0 unspecified atom stereocenters. The van der Waals surface area contributed by atoms with Crippen LogP contribution in [0.4, 0.5) is 11.4 Å². The van der Waals surface area contributed by atoms with Crippen molar-refractivity contribution in [1.82, 2.24) is 4.98 Å². The number of carbonyl (C=O) groups excluding carboxylic acids is 2. The van der Waals surface area contributed by atoms with Gasteiger partial charge in [-0.2, -0.15) is 0 Å². The van der Waals surface area contributed by atoms with Crippen LogP contribution < -0.4 is 10.2 Å². The molecular formula is C21H19N3O3. The van der Waals surface area contributed by atoms with Gasteiger partial charge in [-0.05, 0) is 61.4 Å². The standard InChI is InChI=1S/C21H19N3O3/c25-20-3-1-2-12-24(20)18-10-6-16(7-11-18)21(26)23-17-8-4-15(5-9-17)19-13-22-14-27-19/h4-11,13-14H,1-3,12H2,(H,23,26). The molecule has 2 aromatic carbocycles. The molecule has 136 valence electrons. The Morgan fingerprint density at radius 1 is 1.04 bits per heavy atom. The zero-order valence-corrected chi connectivity index (χ0v) is 14.7. The molecule has 2 heterocycles. The van der Waals surface area contributed by atoms with Crippen LogP contribution in [0.5, 0.6) is 0 Å². The van der Waals surface area contributed by atoms with E-state index in [4.69, 9.17) is 4.42 Å². The number of rotatable bonds is 4. The molecule has 1 aromatic heterocycles. The number of anilines is 2. The molecule has 2 amide bonds. The summed E-state index contributed by atoms with van der Waals surface area (Å²) >= 11 is 0. The summed E-state index contributed by atoms with van der Waals surface area (Å²) in [4.78, 5) is 30.1. The maximum Gasteiger partial charge on any atom is 0.255 e. The Balaban J connectivity index is 1.43. The second-order valence-electron chi connectivity index (χ2n) is 6.45. The van der Waals surface area contributed by atoms with Crippen molar-refractivity contribution in [1.29, 1.82) is 0 Å². The zero-order chi connectivity index (χ0) is 18.6. The lowest BCUT2D eigenvalue weighted by Gasteiger charge is -2.26. The van der Waals surface area contributed by atoms with Crippen molar-refractivity contribution >= 4 is 23.2 Å². The van der Waals surface area contributed by atoms with Crippen LogP contribution in [0.2, 0.25) is 0 Å². The van der Waals surface area contributed by atoms with Gasteiger partial charge in [0.05, 0.1) is 6.20 Å². The zero-order valence-electron chi connectivity index (χ0n) is 14.7. The Hall–Kier alpha value is -3.41. The number of piperidine rings is 1. The summed E-state index contributed by atoms with van der Waals surface area (Å²) in [5.41, 5.74) is 2.97. The average molecular weight is 361 g/mol. The van der Waals surface area contributed by atoms with Crippen LogP contribution in [0.3, 0.4) is 0 Å². The van der Waals surface area contributed by atoms with E-state index in [9.17, 15) is 9.59 Å². The maximum absolute atomic E-state index is 12.5. The highest BCUT2D eigenvalue weighted by molar-refractivity contribution is 6.04. The van der Waals surface area contributed by atoms with Crippen molar-refractivity contribution < 1.29 is 14.0 Å². The molecule has 4 rings (SSSR count). The SMILES string of the molecule is O=C(Nc1ccc(-c2cnco2)cc1)c1ccc(N2CCCCC2=O)cc1. The van der Waals surface area contributed by atoms with Gasteiger partial charge >= 0.3 is 0 Å². The van der Waals surface area contributed by atoms with Crippen LogP contribution in [-0.4, -0.2) is 23.3 Å². The van der Waals surface area contributed by atoms with Gasteiger partial charge in [-0.1, -0.05) is 0 Å². The van der Waals surface area contributed by atoms with Gasteiger partial charge in [-0.3, -0.25) is 9.59 Å². The minimum atomic E-state index is -0.195. The van der Waals surface area contributed by atoms with Gasteiger partial charge in [0, 0.05) is 35.5 Å². The van der Waals surface area contributed by atoms with E-state index in [1.165, 1.54) is 6.39 Å². The first-order valence-electron chi connectivity index (χ1n) is 8.91. The number of nitrogens with one attached hydrogen (secondary N) is 1. The molecule has 1 aliphatic rings. The molecule has 0 radical (unpaired) electrons. The van der Waals surface area contributed by atoms with Crippen molar-refractivity contribution in [3.8, 4) is 11.3 Å². The molecule has 6 nitrogen and oxygen atoms in total. The van der Waals surface area contributed by atoms with Crippen LogP contribution in [0.1, 0.15) is 29.6 Å². The number of amides is 2. The number of hydrogen-bond acceptors (Lipinski definition) is 4. The van der Waals surface area contributed by atoms with Crippen LogP contribution in [0.15, 0.2) is 65.5 Å². The molecule has 0 saturated carbocycles. The number of nitrogens with zero attached hydrogens (tertiary/aromatic N) is 2. The molecule has 0 atom stereocenters. The van der Waals surface area contributed by atoms with Crippen LogP contribution >= 0.6 is 0 Å². The lowest BCUT2D eigenvalue weighted by molar-refractivity contribution is -0.119. The normalized spacial score (nSPS) is 14.2. The third-order valence-electron chi connectivity index (χ3n) is 4.62. The summed E-state index contributed by atoms with van der Waals surface area (Å²) in [7, 11) is 0. The third kappa shape index (κ3) is 3.74. The summed E-state index contributed by atoms with van der Waals surface area (Å²) in [6.45, 7) is 0.738. The quantitative estimate of drug-likeness (QED) is 0.759. The number of oxazole rings is 1. The van der Waals surface area contributed by atoms with E-state index in [1.54, 1.807) is 23.2 Å². The second-order valence-corrected chi connectivity index (χ2v) is 6.45. The fourth-order valence-electron chi connectivity index (χ4n) is 3.15. The van der Waals surface area contributed by atoms with Crippen LogP contribution in [0, 0.1) is 0 Å².